The van der Waals surface area contributed by atoms with Crippen molar-refractivity contribution in [3.63, 3.8) is 0 Å². The lowest BCUT2D eigenvalue weighted by Gasteiger charge is -2.04. The molecule has 0 saturated heterocycles. The van der Waals surface area contributed by atoms with Crippen LogP contribution in [0.15, 0.2) is 17.6 Å². The molecule has 2 amide bonds. The Bertz CT molecular complexity index is 827. The number of nitrogens with one attached hydrogen (secondary N) is 2. The van der Waals surface area contributed by atoms with Crippen LogP contribution in [0.3, 0.4) is 0 Å². The summed E-state index contributed by atoms with van der Waals surface area (Å²) in [6.07, 6.45) is 3.75. The maximum atomic E-state index is 12.0. The number of thiazole rings is 1. The van der Waals surface area contributed by atoms with Gasteiger partial charge in [0.1, 0.15) is 4.83 Å². The number of carbonyl (C=O) groups is 2. The number of hydrazine groups is 1. The largest absolute Gasteiger partial charge is 0.289 e. The van der Waals surface area contributed by atoms with Crippen LogP contribution in [0.4, 0.5) is 0 Å². The van der Waals surface area contributed by atoms with Crippen LogP contribution >= 0.6 is 22.7 Å². The van der Waals surface area contributed by atoms with Crippen molar-refractivity contribution in [3.8, 4) is 0 Å². The number of amides is 2. The van der Waals surface area contributed by atoms with Crippen LogP contribution in [0.2, 0.25) is 0 Å². The Kier molecular flexibility index (Phi) is 2.54. The number of fused-ring (bicyclic) bond motifs is 3. The molecular weight excluding hydrogens is 296 g/mol. The smallest absolute Gasteiger partial charge is 0.279 e. The van der Waals surface area contributed by atoms with Gasteiger partial charge in [-0.1, -0.05) is 0 Å². The zero-order valence-corrected chi connectivity index (χ0v) is 11.9. The Hall–Kier alpha value is -1.93. The van der Waals surface area contributed by atoms with Gasteiger partial charge in [-0.15, -0.1) is 22.7 Å². The summed E-state index contributed by atoms with van der Waals surface area (Å²) in [5.74, 6) is -0.338. The van der Waals surface area contributed by atoms with Crippen molar-refractivity contribution >= 4 is 49.8 Å². The lowest BCUT2D eigenvalue weighted by Crippen LogP contribution is -2.42. The normalized spacial score (nSPS) is 14.8. The van der Waals surface area contributed by atoms with Crippen LogP contribution in [-0.4, -0.2) is 21.2 Å². The summed E-state index contributed by atoms with van der Waals surface area (Å²) in [6.45, 7) is 0. The van der Waals surface area contributed by atoms with Gasteiger partial charge in [0.2, 0.25) is 5.91 Å². The fraction of sp³-hybridized carbons (Fsp3) is 0.250. The first-order chi connectivity index (χ1) is 9.72. The lowest BCUT2D eigenvalue weighted by atomic mass is 10.4. The van der Waals surface area contributed by atoms with E-state index in [1.165, 1.54) is 11.3 Å². The summed E-state index contributed by atoms with van der Waals surface area (Å²) in [7, 11) is 0. The summed E-state index contributed by atoms with van der Waals surface area (Å²) < 4.78 is 1.95. The first-order valence-corrected chi connectivity index (χ1v) is 7.87. The molecule has 3 aromatic rings. The van der Waals surface area contributed by atoms with Crippen LogP contribution < -0.4 is 10.9 Å². The van der Waals surface area contributed by atoms with Crippen molar-refractivity contribution in [1.29, 1.82) is 0 Å². The molecule has 1 aliphatic carbocycles. The molecule has 102 valence electrons. The molecule has 0 aromatic carbocycles. The van der Waals surface area contributed by atoms with E-state index >= 15 is 0 Å². The predicted molar refractivity (Wildman–Crippen MR) is 76.8 cm³/mol. The monoisotopic (exact) mass is 306 g/mol. The second kappa shape index (κ2) is 4.29. The zero-order valence-electron chi connectivity index (χ0n) is 10.3. The van der Waals surface area contributed by atoms with Crippen LogP contribution in [0.1, 0.15) is 22.5 Å². The number of carbonyl (C=O) groups excluding carboxylic acids is 2. The van der Waals surface area contributed by atoms with Crippen molar-refractivity contribution in [3.05, 3.63) is 22.5 Å². The minimum Gasteiger partial charge on any atom is -0.289 e. The molecule has 1 fully saturated rings. The SMILES string of the molecule is O=C(NNC(=O)C1CC1)c1cc2c(nc3sccn32)s1. The van der Waals surface area contributed by atoms with Crippen molar-refractivity contribution in [2.45, 2.75) is 12.8 Å². The highest BCUT2D eigenvalue weighted by Crippen LogP contribution is 2.29. The first-order valence-electron chi connectivity index (χ1n) is 6.17. The minimum absolute atomic E-state index is 0.0718. The molecule has 2 N–H and O–H groups in total. The molecule has 1 aliphatic rings. The van der Waals surface area contributed by atoms with Gasteiger partial charge < -0.3 is 0 Å². The molecule has 0 atom stereocenters. The van der Waals surface area contributed by atoms with Crippen molar-refractivity contribution < 1.29 is 9.59 Å². The van der Waals surface area contributed by atoms with Gasteiger partial charge in [0.25, 0.3) is 5.91 Å². The van der Waals surface area contributed by atoms with Gasteiger partial charge in [0, 0.05) is 17.5 Å². The maximum Gasteiger partial charge on any atom is 0.279 e. The summed E-state index contributed by atoms with van der Waals surface area (Å²) >= 11 is 2.88. The summed E-state index contributed by atoms with van der Waals surface area (Å²) in [5, 5.41) is 1.95. The van der Waals surface area contributed by atoms with E-state index < -0.39 is 0 Å². The Morgan fingerprint density at radius 3 is 3.00 bits per heavy atom. The average Bonchev–Trinajstić information content (AvgIpc) is 2.92. The van der Waals surface area contributed by atoms with E-state index in [-0.39, 0.29) is 17.7 Å². The molecule has 0 unspecified atom stereocenters. The second-order valence-electron chi connectivity index (χ2n) is 4.69. The molecule has 4 rings (SSSR count). The van der Waals surface area contributed by atoms with Crippen molar-refractivity contribution in [2.24, 2.45) is 5.92 Å². The maximum absolute atomic E-state index is 12.0. The molecule has 3 heterocycles. The fourth-order valence-electron chi connectivity index (χ4n) is 1.99. The molecule has 0 bridgehead atoms. The first kappa shape index (κ1) is 11.9. The third-order valence-electron chi connectivity index (χ3n) is 3.21. The van der Waals surface area contributed by atoms with Gasteiger partial charge in [-0.25, -0.2) is 4.98 Å². The quantitative estimate of drug-likeness (QED) is 0.709. The Morgan fingerprint density at radius 1 is 1.35 bits per heavy atom. The van der Waals surface area contributed by atoms with E-state index in [2.05, 4.69) is 15.8 Å². The number of thiophene rings is 1. The van der Waals surface area contributed by atoms with Crippen LogP contribution in [0.5, 0.6) is 0 Å². The van der Waals surface area contributed by atoms with Gasteiger partial charge in [0.15, 0.2) is 4.96 Å². The van der Waals surface area contributed by atoms with E-state index in [9.17, 15) is 9.59 Å². The third-order valence-corrected chi connectivity index (χ3v) is 4.98. The number of hydrogen-bond acceptors (Lipinski definition) is 5. The second-order valence-corrected chi connectivity index (χ2v) is 6.59. The number of hydrogen-bond donors (Lipinski definition) is 2. The summed E-state index contributed by atoms with van der Waals surface area (Å²) in [4.78, 5) is 30.2. The van der Waals surface area contributed by atoms with Gasteiger partial charge in [-0.05, 0) is 18.9 Å². The number of aromatic nitrogens is 2. The highest BCUT2D eigenvalue weighted by molar-refractivity contribution is 7.21. The minimum atomic E-state index is -0.300. The molecule has 1 saturated carbocycles. The lowest BCUT2D eigenvalue weighted by molar-refractivity contribution is -0.123. The van der Waals surface area contributed by atoms with Crippen LogP contribution in [0, 0.1) is 5.92 Å². The van der Waals surface area contributed by atoms with Gasteiger partial charge in [-0.2, -0.15) is 0 Å². The number of rotatable bonds is 2. The van der Waals surface area contributed by atoms with Crippen LogP contribution in [-0.2, 0) is 4.79 Å². The molecule has 3 aromatic heterocycles. The van der Waals surface area contributed by atoms with Crippen molar-refractivity contribution in [2.75, 3.05) is 0 Å². The van der Waals surface area contributed by atoms with E-state index in [1.807, 2.05) is 16.0 Å². The Labute approximate surface area is 121 Å². The van der Waals surface area contributed by atoms with Gasteiger partial charge >= 0.3 is 0 Å². The zero-order chi connectivity index (χ0) is 13.7. The van der Waals surface area contributed by atoms with Crippen molar-refractivity contribution in [1.82, 2.24) is 20.2 Å². The Balaban J connectivity index is 1.55. The summed E-state index contributed by atoms with van der Waals surface area (Å²) in [5.41, 5.74) is 5.83. The summed E-state index contributed by atoms with van der Waals surface area (Å²) in [6, 6.07) is 1.80. The molecular formula is C12H10N4O2S2. The Morgan fingerprint density at radius 2 is 2.20 bits per heavy atom. The standard InChI is InChI=1S/C12H10N4O2S2/c17-9(6-1-2-6)14-15-10(18)8-5-7-11(20-8)13-12-16(7)3-4-19-12/h3-6H,1-2H2,(H,14,17)(H,15,18). The number of imidazole rings is 1. The fourth-order valence-corrected chi connectivity index (χ4v) is 3.68. The molecule has 0 aliphatic heterocycles. The molecule has 0 radical (unpaired) electrons. The molecule has 0 spiro atoms. The van der Waals surface area contributed by atoms with E-state index in [0.717, 1.165) is 28.1 Å². The van der Waals surface area contributed by atoms with Gasteiger partial charge in [-0.3, -0.25) is 24.8 Å². The third kappa shape index (κ3) is 1.88. The van der Waals surface area contributed by atoms with Gasteiger partial charge in [0.05, 0.1) is 10.4 Å². The molecule has 20 heavy (non-hydrogen) atoms. The van der Waals surface area contributed by atoms with Crippen LogP contribution in [0.25, 0.3) is 15.3 Å². The topological polar surface area (TPSA) is 75.5 Å². The predicted octanol–water partition coefficient (Wildman–Crippen LogP) is 1.78. The number of nitrogens with zero attached hydrogens (tertiary/aromatic N) is 2. The van der Waals surface area contributed by atoms with E-state index in [4.69, 9.17) is 0 Å². The highest BCUT2D eigenvalue weighted by Gasteiger charge is 2.29. The highest BCUT2D eigenvalue weighted by atomic mass is 32.1. The van der Waals surface area contributed by atoms with E-state index in [1.54, 1.807) is 17.4 Å². The van der Waals surface area contributed by atoms with E-state index in [0.29, 0.717) is 4.88 Å². The molecule has 8 heteroatoms. The average molecular weight is 306 g/mol. The molecule has 6 nitrogen and oxygen atoms in total.